The van der Waals surface area contributed by atoms with Crippen LogP contribution < -0.4 is 0 Å². The Morgan fingerprint density at radius 1 is 0.362 bits per heavy atom. The number of pyridine rings is 1. The van der Waals surface area contributed by atoms with Crippen molar-refractivity contribution < 1.29 is 4.42 Å². The van der Waals surface area contributed by atoms with Crippen molar-refractivity contribution in [2.45, 2.75) is 0 Å². The molecule has 0 amide bonds. The molecular weight excluding hydrogens is 707 g/mol. The second kappa shape index (κ2) is 14.0. The zero-order valence-electron chi connectivity index (χ0n) is 31.5. The number of hydrogen-bond donors (Lipinski definition) is 0. The molecular formula is C54H35N3O. The summed E-state index contributed by atoms with van der Waals surface area (Å²) in [6.45, 7) is 0. The van der Waals surface area contributed by atoms with Crippen molar-refractivity contribution >= 4 is 32.9 Å². The molecule has 0 spiro atoms. The van der Waals surface area contributed by atoms with Gasteiger partial charge in [0.15, 0.2) is 5.58 Å². The second-order valence-electron chi connectivity index (χ2n) is 14.7. The van der Waals surface area contributed by atoms with Crippen LogP contribution in [0, 0.1) is 0 Å². The molecule has 272 valence electrons. The van der Waals surface area contributed by atoms with Crippen LogP contribution in [0.2, 0.25) is 0 Å². The minimum Gasteiger partial charge on any atom is -0.436 e. The summed E-state index contributed by atoms with van der Waals surface area (Å²) in [6, 6.07) is 72.7. The number of para-hydroxylation sites is 1. The fourth-order valence-electron chi connectivity index (χ4n) is 8.17. The van der Waals surface area contributed by atoms with E-state index in [0.29, 0.717) is 5.89 Å². The number of rotatable bonds is 7. The van der Waals surface area contributed by atoms with Gasteiger partial charge in [-0.3, -0.25) is 4.98 Å². The topological polar surface area (TPSA) is 43.9 Å². The van der Waals surface area contributed by atoms with Crippen LogP contribution in [-0.4, -0.2) is 14.5 Å². The van der Waals surface area contributed by atoms with Gasteiger partial charge in [-0.2, -0.15) is 0 Å². The lowest BCUT2D eigenvalue weighted by Gasteiger charge is -2.14. The lowest BCUT2D eigenvalue weighted by molar-refractivity contribution is 0.620. The molecule has 0 radical (unpaired) electrons. The van der Waals surface area contributed by atoms with E-state index in [0.717, 1.165) is 72.3 Å². The molecule has 0 unspecified atom stereocenters. The third-order valence-corrected chi connectivity index (χ3v) is 11.1. The molecule has 0 N–H and O–H groups in total. The van der Waals surface area contributed by atoms with Crippen molar-refractivity contribution in [1.82, 2.24) is 14.5 Å². The van der Waals surface area contributed by atoms with Gasteiger partial charge in [-0.15, -0.1) is 0 Å². The van der Waals surface area contributed by atoms with Gasteiger partial charge in [-0.05, 0) is 105 Å². The largest absolute Gasteiger partial charge is 0.436 e. The third-order valence-electron chi connectivity index (χ3n) is 11.1. The molecule has 8 aromatic carbocycles. The molecule has 0 atom stereocenters. The van der Waals surface area contributed by atoms with Gasteiger partial charge in [0.1, 0.15) is 5.52 Å². The Hall–Kier alpha value is -7.82. The number of oxazole rings is 1. The molecule has 0 aliphatic carbocycles. The van der Waals surface area contributed by atoms with Crippen LogP contribution in [0.5, 0.6) is 0 Å². The molecule has 11 aromatic rings. The van der Waals surface area contributed by atoms with E-state index < -0.39 is 0 Å². The summed E-state index contributed by atoms with van der Waals surface area (Å²) in [5.41, 5.74) is 17.0. The average Bonchev–Trinajstić information content (AvgIpc) is 3.89. The summed E-state index contributed by atoms with van der Waals surface area (Å²) in [5.74, 6) is 0.590. The van der Waals surface area contributed by atoms with Crippen LogP contribution in [-0.2, 0) is 0 Å². The molecule has 0 aliphatic rings. The van der Waals surface area contributed by atoms with Gasteiger partial charge >= 0.3 is 0 Å². The Kier molecular flexibility index (Phi) is 8.11. The van der Waals surface area contributed by atoms with Gasteiger partial charge in [0.25, 0.3) is 0 Å². The smallest absolute Gasteiger partial charge is 0.227 e. The summed E-state index contributed by atoms with van der Waals surface area (Å²) in [6.07, 6.45) is 1.86. The summed E-state index contributed by atoms with van der Waals surface area (Å²) in [5, 5.41) is 2.34. The highest BCUT2D eigenvalue weighted by Gasteiger charge is 2.18. The molecule has 11 rings (SSSR count). The van der Waals surface area contributed by atoms with Crippen molar-refractivity contribution in [3.8, 4) is 72.9 Å². The number of nitrogens with zero attached hydrogens (tertiary/aromatic N) is 3. The summed E-state index contributed by atoms with van der Waals surface area (Å²) in [4.78, 5) is 9.76. The molecule has 0 fully saturated rings. The first-order chi connectivity index (χ1) is 28.7. The molecule has 0 aliphatic heterocycles. The summed E-state index contributed by atoms with van der Waals surface area (Å²) >= 11 is 0. The van der Waals surface area contributed by atoms with Crippen molar-refractivity contribution in [3.05, 3.63) is 212 Å². The maximum absolute atomic E-state index is 6.54. The zero-order chi connectivity index (χ0) is 38.4. The van der Waals surface area contributed by atoms with Gasteiger partial charge in [0.05, 0.1) is 16.7 Å². The molecule has 3 heterocycles. The Labute approximate surface area is 336 Å². The monoisotopic (exact) mass is 741 g/mol. The molecule has 0 bridgehead atoms. The van der Waals surface area contributed by atoms with E-state index in [2.05, 4.69) is 193 Å². The summed E-state index contributed by atoms with van der Waals surface area (Å²) in [7, 11) is 0. The minimum atomic E-state index is 0.590. The molecule has 0 saturated carbocycles. The van der Waals surface area contributed by atoms with Crippen LogP contribution in [0.3, 0.4) is 0 Å². The van der Waals surface area contributed by atoms with Crippen LogP contribution in [0.1, 0.15) is 0 Å². The second-order valence-corrected chi connectivity index (χ2v) is 14.7. The number of aromatic nitrogens is 3. The van der Waals surface area contributed by atoms with Crippen molar-refractivity contribution in [2.75, 3.05) is 0 Å². The predicted molar refractivity (Wildman–Crippen MR) is 239 cm³/mol. The van der Waals surface area contributed by atoms with E-state index >= 15 is 0 Å². The normalized spacial score (nSPS) is 11.4. The van der Waals surface area contributed by atoms with E-state index in [-0.39, 0.29) is 0 Å². The fourth-order valence-corrected chi connectivity index (χ4v) is 8.17. The minimum absolute atomic E-state index is 0.590. The van der Waals surface area contributed by atoms with Gasteiger partial charge in [0, 0.05) is 33.8 Å². The Morgan fingerprint density at radius 2 is 0.914 bits per heavy atom. The van der Waals surface area contributed by atoms with E-state index in [4.69, 9.17) is 14.4 Å². The lowest BCUT2D eigenvalue weighted by atomic mass is 9.97. The molecule has 58 heavy (non-hydrogen) atoms. The zero-order valence-corrected chi connectivity index (χ0v) is 31.5. The van der Waals surface area contributed by atoms with Crippen molar-refractivity contribution in [1.29, 1.82) is 0 Å². The Bertz CT molecular complexity index is 3240. The van der Waals surface area contributed by atoms with Crippen molar-refractivity contribution in [3.63, 3.8) is 0 Å². The van der Waals surface area contributed by atoms with E-state index in [1.807, 2.05) is 24.4 Å². The van der Waals surface area contributed by atoms with Gasteiger partial charge in [-0.1, -0.05) is 146 Å². The van der Waals surface area contributed by atoms with Gasteiger partial charge in [0.2, 0.25) is 5.89 Å². The van der Waals surface area contributed by atoms with Gasteiger partial charge < -0.3 is 8.98 Å². The predicted octanol–water partition coefficient (Wildman–Crippen LogP) is 14.3. The number of fused-ring (bicyclic) bond motifs is 4. The Morgan fingerprint density at radius 3 is 1.60 bits per heavy atom. The first-order valence-electron chi connectivity index (χ1n) is 19.5. The van der Waals surface area contributed by atoms with E-state index in [9.17, 15) is 0 Å². The quantitative estimate of drug-likeness (QED) is 0.163. The highest BCUT2D eigenvalue weighted by Crippen LogP contribution is 2.39. The third kappa shape index (κ3) is 6.05. The standard InChI is InChI=1S/C54H35N3O/c1-3-11-36(12-4-1)38-18-22-40(23-19-38)42-27-29-50-53(35-42)58-54(56-50)43-26-28-48-47-15-7-8-17-51(47)57(52(48)34-43)46-32-44(31-45(33-46)49-16-9-10-30-55-49)41-24-20-39(21-25-41)37-13-5-2-6-14-37/h1-35H. The first kappa shape index (κ1) is 33.5. The fraction of sp³-hybridized carbons (Fsp3) is 0. The van der Waals surface area contributed by atoms with Crippen molar-refractivity contribution in [2.24, 2.45) is 0 Å². The summed E-state index contributed by atoms with van der Waals surface area (Å²) < 4.78 is 8.91. The molecule has 4 nitrogen and oxygen atoms in total. The highest BCUT2D eigenvalue weighted by molar-refractivity contribution is 6.10. The molecule has 0 saturated heterocycles. The van der Waals surface area contributed by atoms with Crippen LogP contribution in [0.25, 0.3) is 106 Å². The molecule has 4 heteroatoms. The lowest BCUT2D eigenvalue weighted by Crippen LogP contribution is -1.96. The highest BCUT2D eigenvalue weighted by atomic mass is 16.3. The maximum atomic E-state index is 6.54. The average molecular weight is 742 g/mol. The van der Waals surface area contributed by atoms with Crippen LogP contribution in [0.4, 0.5) is 0 Å². The Balaban J connectivity index is 1.02. The van der Waals surface area contributed by atoms with Crippen LogP contribution in [0.15, 0.2) is 217 Å². The van der Waals surface area contributed by atoms with E-state index in [1.54, 1.807) is 0 Å². The van der Waals surface area contributed by atoms with Gasteiger partial charge in [-0.25, -0.2) is 4.98 Å². The number of hydrogen-bond acceptors (Lipinski definition) is 3. The SMILES string of the molecule is c1ccc(-c2ccc(-c3cc(-c4ccccn4)cc(-n4c5ccccc5c5ccc(-c6nc7ccc(-c8ccc(-c9ccccc9)cc8)cc7o6)cc54)c3)cc2)cc1. The molecule has 3 aromatic heterocycles. The maximum Gasteiger partial charge on any atom is 0.227 e. The number of benzene rings is 8. The van der Waals surface area contributed by atoms with Crippen LogP contribution >= 0.6 is 0 Å². The van der Waals surface area contributed by atoms with E-state index in [1.165, 1.54) is 27.6 Å². The first-order valence-corrected chi connectivity index (χ1v) is 19.5.